The van der Waals surface area contributed by atoms with Crippen LogP contribution < -0.4 is 0 Å². The van der Waals surface area contributed by atoms with E-state index in [2.05, 4.69) is 153 Å². The summed E-state index contributed by atoms with van der Waals surface area (Å²) in [7, 11) is 0. The first-order valence-corrected chi connectivity index (χ1v) is 15.7. The predicted octanol–water partition coefficient (Wildman–Crippen LogP) is 11.8. The lowest BCUT2D eigenvalue weighted by atomic mass is 9.81. The highest BCUT2D eigenvalue weighted by molar-refractivity contribution is 6.27. The number of fused-ring (bicyclic) bond motifs is 7. The van der Waals surface area contributed by atoms with Crippen LogP contribution in [0, 0.1) is 0 Å². The first-order chi connectivity index (χ1) is 22.1. The second kappa shape index (κ2) is 9.74. The maximum Gasteiger partial charge on any atom is 0.0786 e. The van der Waals surface area contributed by atoms with Gasteiger partial charge < -0.3 is 0 Å². The van der Waals surface area contributed by atoms with Crippen LogP contribution in [0.2, 0.25) is 0 Å². The smallest absolute Gasteiger partial charge is 0.0786 e. The van der Waals surface area contributed by atoms with Gasteiger partial charge in [0.1, 0.15) is 0 Å². The van der Waals surface area contributed by atoms with Crippen molar-refractivity contribution in [1.29, 1.82) is 0 Å². The number of nitrogens with zero attached hydrogens (tertiary/aromatic N) is 1. The minimum absolute atomic E-state index is 0.0429. The Balaban J connectivity index is 1.38. The van der Waals surface area contributed by atoms with E-state index in [0.717, 1.165) is 10.9 Å². The lowest BCUT2D eigenvalue weighted by Crippen LogP contribution is -2.14. The van der Waals surface area contributed by atoms with Crippen molar-refractivity contribution in [1.82, 2.24) is 4.98 Å². The average Bonchev–Trinajstić information content (AvgIpc) is 3.33. The van der Waals surface area contributed by atoms with Gasteiger partial charge in [-0.05, 0) is 90.0 Å². The van der Waals surface area contributed by atoms with Crippen LogP contribution in [0.5, 0.6) is 0 Å². The molecule has 1 aliphatic rings. The van der Waals surface area contributed by atoms with Crippen molar-refractivity contribution in [3.8, 4) is 44.5 Å². The van der Waals surface area contributed by atoms with Crippen LogP contribution in [0.15, 0.2) is 152 Å². The summed E-state index contributed by atoms with van der Waals surface area (Å²) in [6.45, 7) is 4.71. The number of benzene rings is 7. The molecule has 0 bridgehead atoms. The largest absolute Gasteiger partial charge is 0.256 e. The molecule has 1 aliphatic carbocycles. The number of hydrogen-bond donors (Lipinski definition) is 0. The standard InChI is InChI=1S/C44H31N/c1-44(2)38-18-10-9-17-33(38)34-22-20-32(27-39(34)44)31-21-23-35-37(26-31)40(28-12-5-3-6-13-28)36-24-19-30-16-11-25-45-43(30)42(36)41(35)29-14-7-4-8-15-29/h3-27H,1-2H3. The monoisotopic (exact) mass is 573 g/mol. The third-order valence-corrected chi connectivity index (χ3v) is 9.89. The van der Waals surface area contributed by atoms with Gasteiger partial charge in [0.2, 0.25) is 0 Å². The summed E-state index contributed by atoms with van der Waals surface area (Å²) < 4.78 is 0. The highest BCUT2D eigenvalue weighted by Gasteiger charge is 2.35. The summed E-state index contributed by atoms with van der Waals surface area (Å²) >= 11 is 0. The molecular weight excluding hydrogens is 542 g/mol. The minimum Gasteiger partial charge on any atom is -0.256 e. The molecule has 1 heterocycles. The molecule has 1 aromatic heterocycles. The van der Waals surface area contributed by atoms with Gasteiger partial charge in [-0.25, -0.2) is 0 Å². The zero-order valence-electron chi connectivity index (χ0n) is 25.4. The Bertz CT molecular complexity index is 2440. The first kappa shape index (κ1) is 25.9. The van der Waals surface area contributed by atoms with Gasteiger partial charge in [0.05, 0.1) is 5.52 Å². The molecule has 0 aliphatic heterocycles. The zero-order chi connectivity index (χ0) is 30.1. The lowest BCUT2D eigenvalue weighted by Gasteiger charge is -2.22. The van der Waals surface area contributed by atoms with Crippen molar-refractivity contribution in [3.63, 3.8) is 0 Å². The van der Waals surface area contributed by atoms with Crippen molar-refractivity contribution < 1.29 is 0 Å². The molecule has 7 aromatic carbocycles. The van der Waals surface area contributed by atoms with E-state index in [0.29, 0.717) is 0 Å². The van der Waals surface area contributed by atoms with E-state index < -0.39 is 0 Å². The van der Waals surface area contributed by atoms with E-state index in [1.807, 2.05) is 12.3 Å². The fourth-order valence-corrected chi connectivity index (χ4v) is 7.74. The Morgan fingerprint density at radius 1 is 0.444 bits per heavy atom. The first-order valence-electron chi connectivity index (χ1n) is 15.7. The van der Waals surface area contributed by atoms with E-state index in [4.69, 9.17) is 4.98 Å². The number of hydrogen-bond acceptors (Lipinski definition) is 1. The van der Waals surface area contributed by atoms with Crippen LogP contribution in [0.4, 0.5) is 0 Å². The van der Waals surface area contributed by atoms with Crippen LogP contribution in [0.25, 0.3) is 77.0 Å². The topological polar surface area (TPSA) is 12.9 Å². The van der Waals surface area contributed by atoms with E-state index in [1.54, 1.807) is 0 Å². The molecule has 8 aromatic rings. The molecule has 0 amide bonds. The lowest BCUT2D eigenvalue weighted by molar-refractivity contribution is 0.660. The van der Waals surface area contributed by atoms with E-state index in [9.17, 15) is 0 Å². The van der Waals surface area contributed by atoms with Crippen LogP contribution in [-0.2, 0) is 5.41 Å². The highest BCUT2D eigenvalue weighted by Crippen LogP contribution is 2.50. The zero-order valence-corrected chi connectivity index (χ0v) is 25.4. The molecule has 1 nitrogen and oxygen atoms in total. The molecule has 45 heavy (non-hydrogen) atoms. The van der Waals surface area contributed by atoms with Gasteiger partial charge in [0.15, 0.2) is 0 Å². The van der Waals surface area contributed by atoms with E-state index >= 15 is 0 Å². The fraction of sp³-hybridized carbons (Fsp3) is 0.0682. The van der Waals surface area contributed by atoms with Crippen molar-refractivity contribution in [2.45, 2.75) is 19.3 Å². The molecule has 212 valence electrons. The van der Waals surface area contributed by atoms with Crippen molar-refractivity contribution >= 4 is 32.4 Å². The Kier molecular flexibility index (Phi) is 5.61. The SMILES string of the molecule is CC1(C)c2ccccc2-c2ccc(-c3ccc4c(-c5ccccc5)c5c(ccc6cccnc65)c(-c5ccccc5)c4c3)cc21. The predicted molar refractivity (Wildman–Crippen MR) is 191 cm³/mol. The summed E-state index contributed by atoms with van der Waals surface area (Å²) in [5.41, 5.74) is 13.9. The molecule has 0 unspecified atom stereocenters. The normalized spacial score (nSPS) is 13.3. The van der Waals surface area contributed by atoms with Crippen molar-refractivity contribution in [3.05, 3.63) is 163 Å². The van der Waals surface area contributed by atoms with Gasteiger partial charge in [-0.1, -0.05) is 141 Å². The molecule has 0 atom stereocenters. The highest BCUT2D eigenvalue weighted by atomic mass is 14.6. The maximum absolute atomic E-state index is 4.97. The molecule has 0 N–H and O–H groups in total. The van der Waals surface area contributed by atoms with Crippen molar-refractivity contribution in [2.24, 2.45) is 0 Å². The molecule has 0 fully saturated rings. The Morgan fingerprint density at radius 3 is 1.89 bits per heavy atom. The molecule has 0 saturated carbocycles. The molecule has 0 spiro atoms. The summed E-state index contributed by atoms with van der Waals surface area (Å²) in [5.74, 6) is 0. The molecule has 1 heteroatoms. The molecule has 0 saturated heterocycles. The van der Waals surface area contributed by atoms with Crippen LogP contribution >= 0.6 is 0 Å². The van der Waals surface area contributed by atoms with Gasteiger partial charge in [-0.2, -0.15) is 0 Å². The van der Waals surface area contributed by atoms with Gasteiger partial charge in [-0.15, -0.1) is 0 Å². The Morgan fingerprint density at radius 2 is 1.09 bits per heavy atom. The fourth-order valence-electron chi connectivity index (χ4n) is 7.74. The third kappa shape index (κ3) is 3.84. The average molecular weight is 574 g/mol. The maximum atomic E-state index is 4.97. The summed E-state index contributed by atoms with van der Waals surface area (Å²) in [6, 6.07) is 53.4. The summed E-state index contributed by atoms with van der Waals surface area (Å²) in [6.07, 6.45) is 1.92. The molecular formula is C44H31N. The number of pyridine rings is 1. The second-order valence-corrected chi connectivity index (χ2v) is 12.7. The Labute approximate surface area is 263 Å². The van der Waals surface area contributed by atoms with Crippen molar-refractivity contribution in [2.75, 3.05) is 0 Å². The van der Waals surface area contributed by atoms with Gasteiger partial charge in [-0.3, -0.25) is 4.98 Å². The molecule has 0 radical (unpaired) electrons. The van der Waals surface area contributed by atoms with Crippen LogP contribution in [0.1, 0.15) is 25.0 Å². The summed E-state index contributed by atoms with van der Waals surface area (Å²) in [5, 5.41) is 6.07. The van der Waals surface area contributed by atoms with Crippen LogP contribution in [0.3, 0.4) is 0 Å². The quantitative estimate of drug-likeness (QED) is 0.151. The third-order valence-electron chi connectivity index (χ3n) is 9.89. The number of aromatic nitrogens is 1. The minimum atomic E-state index is -0.0429. The van der Waals surface area contributed by atoms with E-state index in [1.165, 1.54) is 77.2 Å². The molecule has 9 rings (SSSR count). The van der Waals surface area contributed by atoms with E-state index in [-0.39, 0.29) is 5.41 Å². The van der Waals surface area contributed by atoms with Gasteiger partial charge in [0.25, 0.3) is 0 Å². The number of rotatable bonds is 3. The van der Waals surface area contributed by atoms with Gasteiger partial charge in [0, 0.05) is 22.4 Å². The van der Waals surface area contributed by atoms with Gasteiger partial charge >= 0.3 is 0 Å². The van der Waals surface area contributed by atoms with Crippen LogP contribution in [-0.4, -0.2) is 4.98 Å². The summed E-state index contributed by atoms with van der Waals surface area (Å²) in [4.78, 5) is 4.97. The second-order valence-electron chi connectivity index (χ2n) is 12.7. The Hall–Kier alpha value is -5.53.